The Morgan fingerprint density at radius 3 is 2.44 bits per heavy atom. The third-order valence-corrected chi connectivity index (χ3v) is 4.97. The zero-order valence-corrected chi connectivity index (χ0v) is 20.6. The van der Waals surface area contributed by atoms with E-state index in [1.807, 2.05) is 31.0 Å². The fourth-order valence-electron chi connectivity index (χ4n) is 3.32. The van der Waals surface area contributed by atoms with Gasteiger partial charge in [-0.25, -0.2) is 9.38 Å². The molecule has 2 amide bonds. The van der Waals surface area contributed by atoms with E-state index in [1.165, 1.54) is 12.1 Å². The van der Waals surface area contributed by atoms with E-state index in [0.29, 0.717) is 31.7 Å². The van der Waals surface area contributed by atoms with Gasteiger partial charge in [-0.15, -0.1) is 24.0 Å². The van der Waals surface area contributed by atoms with Crippen molar-refractivity contribution in [2.75, 3.05) is 33.2 Å². The summed E-state index contributed by atoms with van der Waals surface area (Å²) in [6, 6.07) is 13.7. The van der Waals surface area contributed by atoms with Crippen LogP contribution in [0.1, 0.15) is 28.4 Å². The van der Waals surface area contributed by atoms with Gasteiger partial charge in [0.05, 0.1) is 13.1 Å². The highest BCUT2D eigenvalue weighted by molar-refractivity contribution is 14.0. The van der Waals surface area contributed by atoms with Crippen LogP contribution in [0.3, 0.4) is 0 Å². The van der Waals surface area contributed by atoms with Crippen LogP contribution in [0.25, 0.3) is 0 Å². The summed E-state index contributed by atoms with van der Waals surface area (Å²) in [5.74, 6) is 0.215. The molecule has 172 valence electrons. The zero-order valence-electron chi connectivity index (χ0n) is 18.3. The van der Waals surface area contributed by atoms with Crippen molar-refractivity contribution in [3.05, 3.63) is 71.0 Å². The number of carbonyl (C=O) groups excluding carboxylic acids is 2. The SMILES string of the molecule is CCNC(=NCc1ccc(C(=O)N2CCNC(=O)C2)cc1)N(C)Cc1ccc(F)cc1.I. The van der Waals surface area contributed by atoms with Crippen LogP contribution in [0.2, 0.25) is 0 Å². The summed E-state index contributed by atoms with van der Waals surface area (Å²) in [6.07, 6.45) is 0. The minimum absolute atomic E-state index is 0. The van der Waals surface area contributed by atoms with E-state index in [4.69, 9.17) is 0 Å². The highest BCUT2D eigenvalue weighted by Gasteiger charge is 2.22. The molecule has 0 unspecified atom stereocenters. The second-order valence-corrected chi connectivity index (χ2v) is 7.43. The molecule has 3 rings (SSSR count). The lowest BCUT2D eigenvalue weighted by molar-refractivity contribution is -0.123. The highest BCUT2D eigenvalue weighted by atomic mass is 127. The van der Waals surface area contributed by atoms with Crippen LogP contribution in [-0.4, -0.2) is 60.8 Å². The number of amides is 2. The first-order valence-corrected chi connectivity index (χ1v) is 10.3. The standard InChI is InChI=1S/C23H28FN5O2.HI/c1-3-25-23(28(2)15-18-6-10-20(24)11-7-18)27-14-17-4-8-19(9-5-17)22(31)29-13-12-26-21(30)16-29;/h4-11H,3,12-16H2,1-2H3,(H,25,27)(H,26,30);1H. The lowest BCUT2D eigenvalue weighted by Gasteiger charge is -2.26. The van der Waals surface area contributed by atoms with Crippen molar-refractivity contribution in [1.82, 2.24) is 20.4 Å². The van der Waals surface area contributed by atoms with Crippen LogP contribution in [0.5, 0.6) is 0 Å². The zero-order chi connectivity index (χ0) is 22.2. The van der Waals surface area contributed by atoms with Crippen LogP contribution in [0.15, 0.2) is 53.5 Å². The van der Waals surface area contributed by atoms with Gasteiger partial charge in [0, 0.05) is 38.8 Å². The number of aliphatic imine (C=N–C) groups is 1. The molecule has 1 saturated heterocycles. The molecule has 0 spiro atoms. The number of halogens is 2. The molecule has 0 saturated carbocycles. The molecule has 9 heteroatoms. The van der Waals surface area contributed by atoms with E-state index in [1.54, 1.807) is 29.2 Å². The van der Waals surface area contributed by atoms with Crippen LogP contribution >= 0.6 is 24.0 Å². The van der Waals surface area contributed by atoms with Gasteiger partial charge in [0.25, 0.3) is 5.91 Å². The Morgan fingerprint density at radius 2 is 1.81 bits per heavy atom. The fraction of sp³-hybridized carbons (Fsp3) is 0.348. The van der Waals surface area contributed by atoms with Gasteiger partial charge >= 0.3 is 0 Å². The first-order valence-electron chi connectivity index (χ1n) is 10.3. The van der Waals surface area contributed by atoms with Crippen molar-refractivity contribution in [3.8, 4) is 0 Å². The minimum atomic E-state index is -0.252. The first-order chi connectivity index (χ1) is 15.0. The van der Waals surface area contributed by atoms with Gasteiger partial charge < -0.3 is 20.4 Å². The Labute approximate surface area is 205 Å². The van der Waals surface area contributed by atoms with Gasteiger partial charge in [0.15, 0.2) is 5.96 Å². The molecule has 0 atom stereocenters. The Balaban J connectivity index is 0.00000363. The summed E-state index contributed by atoms with van der Waals surface area (Å²) in [5.41, 5.74) is 2.52. The molecule has 0 radical (unpaired) electrons. The largest absolute Gasteiger partial charge is 0.357 e. The smallest absolute Gasteiger partial charge is 0.254 e. The van der Waals surface area contributed by atoms with Crippen molar-refractivity contribution in [2.45, 2.75) is 20.0 Å². The number of nitrogens with one attached hydrogen (secondary N) is 2. The molecule has 0 bridgehead atoms. The number of benzene rings is 2. The van der Waals surface area contributed by atoms with Gasteiger partial charge in [-0.1, -0.05) is 24.3 Å². The summed E-state index contributed by atoms with van der Waals surface area (Å²) in [4.78, 5) is 32.3. The number of piperazine rings is 1. The van der Waals surface area contributed by atoms with Gasteiger partial charge in [0.2, 0.25) is 5.91 Å². The molecule has 2 N–H and O–H groups in total. The third-order valence-electron chi connectivity index (χ3n) is 4.97. The van der Waals surface area contributed by atoms with Crippen molar-refractivity contribution in [1.29, 1.82) is 0 Å². The molecule has 1 heterocycles. The number of carbonyl (C=O) groups is 2. The maximum atomic E-state index is 13.1. The highest BCUT2D eigenvalue weighted by Crippen LogP contribution is 2.11. The molecule has 32 heavy (non-hydrogen) atoms. The summed E-state index contributed by atoms with van der Waals surface area (Å²) in [7, 11) is 1.93. The van der Waals surface area contributed by atoms with E-state index in [9.17, 15) is 14.0 Å². The molecule has 0 aromatic heterocycles. The predicted molar refractivity (Wildman–Crippen MR) is 133 cm³/mol. The monoisotopic (exact) mass is 553 g/mol. The molecular weight excluding hydrogens is 524 g/mol. The van der Waals surface area contributed by atoms with Crippen molar-refractivity contribution >= 4 is 41.8 Å². The van der Waals surface area contributed by atoms with Gasteiger partial charge in [-0.05, 0) is 42.3 Å². The van der Waals surface area contributed by atoms with Crippen molar-refractivity contribution in [3.63, 3.8) is 0 Å². The Hall–Kier alpha value is -2.69. The second kappa shape index (κ2) is 12.4. The van der Waals surface area contributed by atoms with E-state index in [-0.39, 0.29) is 48.2 Å². The number of rotatable bonds is 6. The molecule has 2 aromatic carbocycles. The van der Waals surface area contributed by atoms with E-state index in [0.717, 1.165) is 23.6 Å². The average Bonchev–Trinajstić information content (AvgIpc) is 2.78. The predicted octanol–water partition coefficient (Wildman–Crippen LogP) is 2.61. The molecule has 1 aliphatic heterocycles. The molecule has 1 fully saturated rings. The van der Waals surface area contributed by atoms with Crippen molar-refractivity contribution in [2.24, 2.45) is 4.99 Å². The van der Waals surface area contributed by atoms with Crippen LogP contribution in [0, 0.1) is 5.82 Å². The van der Waals surface area contributed by atoms with E-state index < -0.39 is 0 Å². The second-order valence-electron chi connectivity index (χ2n) is 7.43. The fourth-order valence-corrected chi connectivity index (χ4v) is 3.32. The summed E-state index contributed by atoms with van der Waals surface area (Å²) < 4.78 is 13.1. The summed E-state index contributed by atoms with van der Waals surface area (Å²) in [6.45, 7) is 4.88. The first kappa shape index (κ1) is 25.6. The maximum Gasteiger partial charge on any atom is 0.254 e. The minimum Gasteiger partial charge on any atom is -0.357 e. The Bertz CT molecular complexity index is 934. The average molecular weight is 553 g/mol. The lowest BCUT2D eigenvalue weighted by Crippen LogP contribution is -2.49. The molecule has 0 aliphatic carbocycles. The van der Waals surface area contributed by atoms with Crippen molar-refractivity contribution < 1.29 is 14.0 Å². The number of guanidine groups is 1. The lowest BCUT2D eigenvalue weighted by atomic mass is 10.1. The molecule has 7 nitrogen and oxygen atoms in total. The normalized spacial score (nSPS) is 13.8. The van der Waals surface area contributed by atoms with Gasteiger partial charge in [0.1, 0.15) is 5.82 Å². The van der Waals surface area contributed by atoms with E-state index in [2.05, 4.69) is 15.6 Å². The molecular formula is C23H29FIN5O2. The van der Waals surface area contributed by atoms with Crippen LogP contribution in [-0.2, 0) is 17.9 Å². The Kier molecular flexibility index (Phi) is 9.89. The van der Waals surface area contributed by atoms with Gasteiger partial charge in [-0.2, -0.15) is 0 Å². The molecule has 2 aromatic rings. The third kappa shape index (κ3) is 7.18. The number of hydrogen-bond acceptors (Lipinski definition) is 3. The van der Waals surface area contributed by atoms with Gasteiger partial charge in [-0.3, -0.25) is 9.59 Å². The van der Waals surface area contributed by atoms with Crippen LogP contribution < -0.4 is 10.6 Å². The quantitative estimate of drug-likeness (QED) is 0.328. The number of hydrogen-bond donors (Lipinski definition) is 2. The summed E-state index contributed by atoms with van der Waals surface area (Å²) >= 11 is 0. The molecule has 1 aliphatic rings. The Morgan fingerprint density at radius 1 is 1.16 bits per heavy atom. The topological polar surface area (TPSA) is 77.0 Å². The summed E-state index contributed by atoms with van der Waals surface area (Å²) in [5, 5.41) is 5.98. The van der Waals surface area contributed by atoms with E-state index >= 15 is 0 Å². The van der Waals surface area contributed by atoms with Crippen LogP contribution in [0.4, 0.5) is 4.39 Å². The maximum absolute atomic E-state index is 13.1. The number of nitrogens with zero attached hydrogens (tertiary/aromatic N) is 3.